The Morgan fingerprint density at radius 1 is 0.893 bits per heavy atom. The zero-order valence-corrected chi connectivity index (χ0v) is 15.6. The van der Waals surface area contributed by atoms with Gasteiger partial charge in [-0.3, -0.25) is 15.4 Å². The minimum absolute atomic E-state index is 0.103. The number of nitrogens with zero attached hydrogens (tertiary/aromatic N) is 1. The average molecular weight is 376 g/mol. The van der Waals surface area contributed by atoms with E-state index in [0.717, 1.165) is 22.3 Å². The number of nitro benzene ring substituents is 1. The summed E-state index contributed by atoms with van der Waals surface area (Å²) in [4.78, 5) is 10.8. The van der Waals surface area contributed by atoms with Crippen molar-refractivity contribution in [3.05, 3.63) is 111 Å². The van der Waals surface area contributed by atoms with Gasteiger partial charge in [-0.25, -0.2) is 0 Å². The van der Waals surface area contributed by atoms with Gasteiger partial charge in [0.15, 0.2) is 0 Å². The second-order valence-corrected chi connectivity index (χ2v) is 6.78. The number of aliphatic hydroxyl groups is 1. The summed E-state index contributed by atoms with van der Waals surface area (Å²) < 4.78 is 0. The van der Waals surface area contributed by atoms with Gasteiger partial charge in [0.25, 0.3) is 5.69 Å². The van der Waals surface area contributed by atoms with Gasteiger partial charge >= 0.3 is 0 Å². The minimum atomic E-state index is -0.627. The van der Waals surface area contributed by atoms with Gasteiger partial charge in [0.1, 0.15) is 6.23 Å². The Hall–Kier alpha value is -3.02. The molecule has 0 amide bonds. The fourth-order valence-corrected chi connectivity index (χ4v) is 3.23. The monoisotopic (exact) mass is 376 g/mol. The van der Waals surface area contributed by atoms with E-state index in [1.807, 2.05) is 66.7 Å². The number of rotatable bonds is 9. The molecular formula is C23H24N2O3. The number of nitro groups is 1. The van der Waals surface area contributed by atoms with Crippen LogP contribution < -0.4 is 5.32 Å². The number of nitrogens with one attached hydrogen (secondary N) is 1. The van der Waals surface area contributed by atoms with Crippen LogP contribution in [0.3, 0.4) is 0 Å². The number of aliphatic hydroxyl groups excluding tert-OH is 1. The van der Waals surface area contributed by atoms with Gasteiger partial charge in [0, 0.05) is 25.1 Å². The van der Waals surface area contributed by atoms with Gasteiger partial charge in [0.05, 0.1) is 4.92 Å². The molecule has 0 unspecified atom stereocenters. The molecule has 0 aromatic heterocycles. The van der Waals surface area contributed by atoms with E-state index in [0.29, 0.717) is 25.8 Å². The summed E-state index contributed by atoms with van der Waals surface area (Å²) in [5.41, 5.74) is 4.28. The molecule has 0 spiro atoms. The molecule has 3 aromatic carbocycles. The van der Waals surface area contributed by atoms with Crippen molar-refractivity contribution < 1.29 is 10.0 Å². The SMILES string of the molecule is O=[N+]([O-])c1ccc(CCN[C@H](O)Cc2ccccc2)c(Cc2ccccc2)c1. The third kappa shape index (κ3) is 5.74. The van der Waals surface area contributed by atoms with Crippen LogP contribution >= 0.6 is 0 Å². The van der Waals surface area contributed by atoms with Gasteiger partial charge < -0.3 is 5.11 Å². The van der Waals surface area contributed by atoms with Crippen molar-refractivity contribution in [3.63, 3.8) is 0 Å². The van der Waals surface area contributed by atoms with E-state index in [1.165, 1.54) is 0 Å². The molecule has 0 radical (unpaired) electrons. The van der Waals surface area contributed by atoms with Crippen molar-refractivity contribution in [1.29, 1.82) is 0 Å². The Balaban J connectivity index is 1.64. The molecule has 28 heavy (non-hydrogen) atoms. The van der Waals surface area contributed by atoms with Gasteiger partial charge in [-0.2, -0.15) is 0 Å². The number of hydrogen-bond donors (Lipinski definition) is 2. The first-order valence-electron chi connectivity index (χ1n) is 9.37. The number of hydrogen-bond acceptors (Lipinski definition) is 4. The smallest absolute Gasteiger partial charge is 0.269 e. The van der Waals surface area contributed by atoms with Crippen LogP contribution in [0.5, 0.6) is 0 Å². The molecule has 3 aromatic rings. The molecular weight excluding hydrogens is 352 g/mol. The van der Waals surface area contributed by atoms with E-state index < -0.39 is 6.23 Å². The molecule has 1 atom stereocenters. The summed E-state index contributed by atoms with van der Waals surface area (Å²) in [5, 5.41) is 24.5. The molecule has 3 rings (SSSR count). The normalized spacial score (nSPS) is 11.9. The van der Waals surface area contributed by atoms with Crippen molar-refractivity contribution in [3.8, 4) is 0 Å². The molecule has 144 valence electrons. The molecule has 0 fully saturated rings. The lowest BCUT2D eigenvalue weighted by Crippen LogP contribution is -2.32. The first kappa shape index (κ1) is 19.7. The molecule has 0 saturated carbocycles. The summed E-state index contributed by atoms with van der Waals surface area (Å²) in [6.45, 7) is 0.591. The summed E-state index contributed by atoms with van der Waals surface area (Å²) in [7, 11) is 0. The van der Waals surface area contributed by atoms with Crippen LogP contribution in [0, 0.1) is 10.1 Å². The summed E-state index contributed by atoms with van der Waals surface area (Å²) in [5.74, 6) is 0. The van der Waals surface area contributed by atoms with Crippen molar-refractivity contribution in [1.82, 2.24) is 5.32 Å². The van der Waals surface area contributed by atoms with E-state index >= 15 is 0 Å². The maximum Gasteiger partial charge on any atom is 0.269 e. The lowest BCUT2D eigenvalue weighted by molar-refractivity contribution is -0.384. The van der Waals surface area contributed by atoms with E-state index in [4.69, 9.17) is 0 Å². The molecule has 0 heterocycles. The molecule has 0 aliphatic rings. The Morgan fingerprint density at radius 2 is 1.54 bits per heavy atom. The van der Waals surface area contributed by atoms with E-state index in [9.17, 15) is 15.2 Å². The van der Waals surface area contributed by atoms with Crippen LogP contribution in [0.1, 0.15) is 22.3 Å². The van der Waals surface area contributed by atoms with Crippen molar-refractivity contribution in [2.75, 3.05) is 6.54 Å². The van der Waals surface area contributed by atoms with Crippen LogP contribution in [0.15, 0.2) is 78.9 Å². The third-order valence-corrected chi connectivity index (χ3v) is 4.68. The highest BCUT2D eigenvalue weighted by atomic mass is 16.6. The largest absolute Gasteiger partial charge is 0.378 e. The molecule has 0 saturated heterocycles. The van der Waals surface area contributed by atoms with Gasteiger partial charge in [-0.05, 0) is 35.1 Å². The van der Waals surface area contributed by atoms with Crippen molar-refractivity contribution in [2.45, 2.75) is 25.5 Å². The predicted octanol–water partition coefficient (Wildman–Crippen LogP) is 3.88. The van der Waals surface area contributed by atoms with Crippen molar-refractivity contribution >= 4 is 5.69 Å². The maximum atomic E-state index is 11.2. The Labute approximate surface area is 164 Å². The average Bonchev–Trinajstić information content (AvgIpc) is 2.70. The molecule has 0 aliphatic heterocycles. The van der Waals surface area contributed by atoms with Crippen molar-refractivity contribution in [2.24, 2.45) is 0 Å². The quantitative estimate of drug-likeness (QED) is 0.338. The Morgan fingerprint density at radius 3 is 2.18 bits per heavy atom. The highest BCUT2D eigenvalue weighted by Crippen LogP contribution is 2.21. The molecule has 5 nitrogen and oxygen atoms in total. The second-order valence-electron chi connectivity index (χ2n) is 6.78. The van der Waals surface area contributed by atoms with Crippen LogP contribution in [0.4, 0.5) is 5.69 Å². The zero-order valence-electron chi connectivity index (χ0n) is 15.6. The van der Waals surface area contributed by atoms with Gasteiger partial charge in [-0.15, -0.1) is 0 Å². The predicted molar refractivity (Wildman–Crippen MR) is 110 cm³/mol. The van der Waals surface area contributed by atoms with Gasteiger partial charge in [-0.1, -0.05) is 66.7 Å². The standard InChI is InChI=1S/C23H24N2O3/c26-23(16-19-9-5-2-6-10-19)24-14-13-20-11-12-22(25(27)28)17-21(20)15-18-7-3-1-4-8-18/h1-12,17,23-24,26H,13-16H2/t23-/m1/s1. The zero-order chi connectivity index (χ0) is 19.8. The minimum Gasteiger partial charge on any atom is -0.378 e. The summed E-state index contributed by atoms with van der Waals surface area (Å²) in [6, 6.07) is 24.8. The summed E-state index contributed by atoms with van der Waals surface area (Å²) >= 11 is 0. The molecule has 2 N–H and O–H groups in total. The van der Waals surface area contributed by atoms with Crippen LogP contribution in [0.2, 0.25) is 0 Å². The van der Waals surface area contributed by atoms with Crippen LogP contribution in [0.25, 0.3) is 0 Å². The molecule has 5 heteroatoms. The highest BCUT2D eigenvalue weighted by Gasteiger charge is 2.12. The van der Waals surface area contributed by atoms with E-state index in [1.54, 1.807) is 12.1 Å². The molecule has 0 bridgehead atoms. The summed E-state index contributed by atoms with van der Waals surface area (Å²) in [6.07, 6.45) is 1.24. The maximum absolute atomic E-state index is 11.2. The first-order valence-corrected chi connectivity index (χ1v) is 9.37. The van der Waals surface area contributed by atoms with Crippen LogP contribution in [-0.2, 0) is 19.3 Å². The Bertz CT molecular complexity index is 898. The number of benzene rings is 3. The van der Waals surface area contributed by atoms with Gasteiger partial charge in [0.2, 0.25) is 0 Å². The first-order chi connectivity index (χ1) is 13.6. The van der Waals surface area contributed by atoms with E-state index in [2.05, 4.69) is 5.32 Å². The van der Waals surface area contributed by atoms with Crippen LogP contribution in [-0.4, -0.2) is 22.8 Å². The fraction of sp³-hybridized carbons (Fsp3) is 0.217. The molecule has 0 aliphatic carbocycles. The lowest BCUT2D eigenvalue weighted by Gasteiger charge is -2.14. The van der Waals surface area contributed by atoms with E-state index in [-0.39, 0.29) is 10.6 Å². The second kappa shape index (κ2) is 9.78. The third-order valence-electron chi connectivity index (χ3n) is 4.68. The topological polar surface area (TPSA) is 75.4 Å². The fourth-order valence-electron chi connectivity index (χ4n) is 3.23. The lowest BCUT2D eigenvalue weighted by atomic mass is 9.97. The highest BCUT2D eigenvalue weighted by molar-refractivity contribution is 5.42. The Kier molecular flexibility index (Phi) is 6.89. The number of non-ortho nitro benzene ring substituents is 1.